The lowest BCUT2D eigenvalue weighted by Gasteiger charge is -2.39. The minimum Gasteiger partial charge on any atom is -0.497 e. The van der Waals surface area contributed by atoms with Gasteiger partial charge in [-0.2, -0.15) is 0 Å². The SMILES string of the molecule is COc1ccc(CN2CC[C@H]3[C@@H](C2)c2cccc4c2N3CCCS4)c(OC)c1. The highest BCUT2D eigenvalue weighted by Crippen LogP contribution is 2.50. The molecule has 1 saturated heterocycles. The summed E-state index contributed by atoms with van der Waals surface area (Å²) in [5.74, 6) is 3.63. The molecule has 3 heterocycles. The second kappa shape index (κ2) is 7.53. The summed E-state index contributed by atoms with van der Waals surface area (Å²) in [7, 11) is 3.44. The van der Waals surface area contributed by atoms with Gasteiger partial charge in [-0.05, 0) is 36.3 Å². The topological polar surface area (TPSA) is 24.9 Å². The molecule has 3 aliphatic heterocycles. The summed E-state index contributed by atoms with van der Waals surface area (Å²) in [6.07, 6.45) is 2.52. The first-order chi connectivity index (χ1) is 13.8. The number of methoxy groups -OCH3 is 2. The first kappa shape index (κ1) is 18.2. The first-order valence-corrected chi connectivity index (χ1v) is 11.2. The van der Waals surface area contributed by atoms with E-state index in [1.54, 1.807) is 25.5 Å². The van der Waals surface area contributed by atoms with Crippen molar-refractivity contribution in [2.45, 2.75) is 36.2 Å². The Morgan fingerprint density at radius 1 is 1.11 bits per heavy atom. The van der Waals surface area contributed by atoms with Crippen molar-refractivity contribution in [2.24, 2.45) is 0 Å². The van der Waals surface area contributed by atoms with E-state index in [-0.39, 0.29) is 0 Å². The van der Waals surface area contributed by atoms with Gasteiger partial charge < -0.3 is 14.4 Å². The molecule has 1 fully saturated rings. The molecule has 0 radical (unpaired) electrons. The van der Waals surface area contributed by atoms with Crippen molar-refractivity contribution in [1.29, 1.82) is 0 Å². The predicted octanol–water partition coefficient (Wildman–Crippen LogP) is 4.38. The van der Waals surface area contributed by atoms with Gasteiger partial charge in [-0.3, -0.25) is 4.90 Å². The number of hydrogen-bond donors (Lipinski definition) is 0. The Labute approximate surface area is 171 Å². The number of benzene rings is 2. The second-order valence-electron chi connectivity index (χ2n) is 7.96. The molecule has 0 saturated carbocycles. The number of likely N-dealkylation sites (tertiary alicyclic amines) is 1. The van der Waals surface area contributed by atoms with E-state index in [1.807, 2.05) is 23.9 Å². The number of nitrogens with zero attached hydrogens (tertiary/aromatic N) is 2. The van der Waals surface area contributed by atoms with E-state index in [2.05, 4.69) is 34.1 Å². The third kappa shape index (κ3) is 3.05. The van der Waals surface area contributed by atoms with Gasteiger partial charge in [-0.1, -0.05) is 18.2 Å². The molecule has 2 aromatic rings. The maximum absolute atomic E-state index is 5.63. The Balaban J connectivity index is 1.39. The van der Waals surface area contributed by atoms with Crippen LogP contribution in [0.25, 0.3) is 0 Å². The molecule has 28 heavy (non-hydrogen) atoms. The summed E-state index contributed by atoms with van der Waals surface area (Å²) in [4.78, 5) is 6.83. The Bertz CT molecular complexity index is 872. The molecular formula is C23H28N2O2S. The molecule has 3 aliphatic rings. The van der Waals surface area contributed by atoms with Crippen molar-refractivity contribution in [1.82, 2.24) is 4.90 Å². The minimum atomic E-state index is 0.617. The standard InChI is InChI=1S/C23H28N2O2S/c1-26-17-8-7-16(21(13-17)27-2)14-24-11-9-20-19(15-24)18-5-3-6-22-23(18)25(20)10-4-12-28-22/h3,5-8,13,19-20H,4,9-12,14-15H2,1-2H3/t19-,20-/m0/s1. The van der Waals surface area contributed by atoms with Gasteiger partial charge in [0.1, 0.15) is 11.5 Å². The number of anilines is 1. The van der Waals surface area contributed by atoms with Gasteiger partial charge in [0.15, 0.2) is 0 Å². The molecule has 0 N–H and O–H groups in total. The van der Waals surface area contributed by atoms with Crippen molar-refractivity contribution < 1.29 is 9.47 Å². The molecule has 5 heteroatoms. The minimum absolute atomic E-state index is 0.617. The van der Waals surface area contributed by atoms with E-state index in [1.165, 1.54) is 35.6 Å². The Morgan fingerprint density at radius 3 is 2.89 bits per heavy atom. The van der Waals surface area contributed by atoms with E-state index >= 15 is 0 Å². The maximum atomic E-state index is 5.63. The van der Waals surface area contributed by atoms with Crippen LogP contribution in [-0.2, 0) is 6.54 Å². The van der Waals surface area contributed by atoms with E-state index < -0.39 is 0 Å². The van der Waals surface area contributed by atoms with Crippen LogP contribution >= 0.6 is 11.8 Å². The van der Waals surface area contributed by atoms with E-state index in [4.69, 9.17) is 9.47 Å². The number of rotatable bonds is 4. The fraction of sp³-hybridized carbons (Fsp3) is 0.478. The van der Waals surface area contributed by atoms with Crippen LogP contribution in [0.3, 0.4) is 0 Å². The number of para-hydroxylation sites is 1. The lowest BCUT2D eigenvalue weighted by Crippen LogP contribution is -2.46. The summed E-state index contributed by atoms with van der Waals surface area (Å²) in [5.41, 5.74) is 4.36. The molecule has 0 bridgehead atoms. The monoisotopic (exact) mass is 396 g/mol. The lowest BCUT2D eigenvalue weighted by atomic mass is 9.89. The van der Waals surface area contributed by atoms with Crippen LogP contribution in [0.15, 0.2) is 41.3 Å². The van der Waals surface area contributed by atoms with Crippen molar-refractivity contribution in [2.75, 3.05) is 44.5 Å². The summed E-state index contributed by atoms with van der Waals surface area (Å²) < 4.78 is 11.0. The van der Waals surface area contributed by atoms with Crippen molar-refractivity contribution in [3.63, 3.8) is 0 Å². The largest absolute Gasteiger partial charge is 0.497 e. The van der Waals surface area contributed by atoms with E-state index in [0.29, 0.717) is 12.0 Å². The molecule has 0 aromatic heterocycles. The zero-order valence-electron chi connectivity index (χ0n) is 16.7. The molecule has 2 aromatic carbocycles. The lowest BCUT2D eigenvalue weighted by molar-refractivity contribution is 0.184. The fourth-order valence-electron chi connectivity index (χ4n) is 5.18. The van der Waals surface area contributed by atoms with Crippen molar-refractivity contribution in [3.8, 4) is 11.5 Å². The van der Waals surface area contributed by atoms with Gasteiger partial charge in [-0.25, -0.2) is 0 Å². The number of fused-ring (bicyclic) bond motifs is 3. The summed E-state index contributed by atoms with van der Waals surface area (Å²) >= 11 is 2.04. The average molecular weight is 397 g/mol. The molecule has 148 valence electrons. The molecule has 0 aliphatic carbocycles. The molecule has 4 nitrogen and oxygen atoms in total. The Kier molecular flexibility index (Phi) is 4.89. The Morgan fingerprint density at radius 2 is 2.04 bits per heavy atom. The molecule has 0 amide bonds. The smallest absolute Gasteiger partial charge is 0.127 e. The number of ether oxygens (including phenoxy) is 2. The maximum Gasteiger partial charge on any atom is 0.127 e. The van der Waals surface area contributed by atoms with Gasteiger partial charge in [-0.15, -0.1) is 11.8 Å². The van der Waals surface area contributed by atoms with Crippen LogP contribution in [0, 0.1) is 0 Å². The van der Waals surface area contributed by atoms with E-state index in [0.717, 1.165) is 31.1 Å². The average Bonchev–Trinajstić information content (AvgIpc) is 2.89. The number of thioether (sulfide) groups is 1. The van der Waals surface area contributed by atoms with Crippen LogP contribution in [0.5, 0.6) is 11.5 Å². The molecule has 5 rings (SSSR count). The predicted molar refractivity (Wildman–Crippen MR) is 115 cm³/mol. The zero-order chi connectivity index (χ0) is 19.1. The van der Waals surface area contributed by atoms with Gasteiger partial charge in [0, 0.05) is 54.7 Å². The van der Waals surface area contributed by atoms with E-state index in [9.17, 15) is 0 Å². The quantitative estimate of drug-likeness (QED) is 0.764. The molecular weight excluding hydrogens is 368 g/mol. The van der Waals surface area contributed by atoms with Crippen LogP contribution in [0.1, 0.15) is 29.9 Å². The first-order valence-electron chi connectivity index (χ1n) is 10.2. The van der Waals surface area contributed by atoms with Gasteiger partial charge in [0.2, 0.25) is 0 Å². The third-order valence-electron chi connectivity index (χ3n) is 6.47. The van der Waals surface area contributed by atoms with Crippen molar-refractivity contribution >= 4 is 17.4 Å². The van der Waals surface area contributed by atoms with Gasteiger partial charge >= 0.3 is 0 Å². The highest BCUT2D eigenvalue weighted by molar-refractivity contribution is 7.99. The summed E-state index contributed by atoms with van der Waals surface area (Å²) in [6.45, 7) is 4.41. The summed E-state index contributed by atoms with van der Waals surface area (Å²) in [6, 6.07) is 13.8. The fourth-order valence-corrected chi connectivity index (χ4v) is 6.22. The van der Waals surface area contributed by atoms with Gasteiger partial charge in [0.25, 0.3) is 0 Å². The second-order valence-corrected chi connectivity index (χ2v) is 9.10. The highest BCUT2D eigenvalue weighted by atomic mass is 32.2. The van der Waals surface area contributed by atoms with Crippen LogP contribution < -0.4 is 14.4 Å². The highest BCUT2D eigenvalue weighted by Gasteiger charge is 2.43. The Hall–Kier alpha value is -1.85. The van der Waals surface area contributed by atoms with Gasteiger partial charge in [0.05, 0.1) is 19.9 Å². The number of hydrogen-bond acceptors (Lipinski definition) is 5. The molecule has 0 spiro atoms. The zero-order valence-corrected chi connectivity index (χ0v) is 17.5. The molecule has 2 atom stereocenters. The van der Waals surface area contributed by atoms with Crippen LogP contribution in [0.2, 0.25) is 0 Å². The number of piperidine rings is 1. The van der Waals surface area contributed by atoms with Crippen LogP contribution in [-0.4, -0.2) is 50.5 Å². The van der Waals surface area contributed by atoms with Crippen LogP contribution in [0.4, 0.5) is 5.69 Å². The third-order valence-corrected chi connectivity index (χ3v) is 7.60. The summed E-state index contributed by atoms with van der Waals surface area (Å²) in [5, 5.41) is 0. The van der Waals surface area contributed by atoms with Crippen molar-refractivity contribution in [3.05, 3.63) is 47.5 Å². The normalized spacial score (nSPS) is 23.7. The molecule has 0 unspecified atom stereocenters.